The first-order valence-corrected chi connectivity index (χ1v) is 6.10. The maximum absolute atomic E-state index is 11.7. The zero-order valence-corrected chi connectivity index (χ0v) is 11.5. The van der Waals surface area contributed by atoms with Gasteiger partial charge in [-0.05, 0) is 19.1 Å². The highest BCUT2D eigenvalue weighted by atomic mass is 16.4. The van der Waals surface area contributed by atoms with Gasteiger partial charge in [-0.1, -0.05) is 0 Å². The van der Waals surface area contributed by atoms with Gasteiger partial charge < -0.3 is 14.9 Å². The Bertz CT molecular complexity index is 443. The minimum Gasteiger partial charge on any atom is -0.481 e. The monoisotopic (exact) mass is 265 g/mol. The second kappa shape index (κ2) is 6.72. The molecule has 0 atom stereocenters. The lowest BCUT2D eigenvalue weighted by Gasteiger charge is -2.21. The van der Waals surface area contributed by atoms with Gasteiger partial charge >= 0.3 is 5.97 Å². The van der Waals surface area contributed by atoms with Crippen LogP contribution in [0.5, 0.6) is 0 Å². The Balaban J connectivity index is 2.78. The fourth-order valence-corrected chi connectivity index (χ4v) is 1.62. The molecule has 0 saturated carbocycles. The van der Waals surface area contributed by atoms with Gasteiger partial charge in [0.05, 0.1) is 12.0 Å². The molecule has 6 heteroatoms. The molecule has 0 fully saturated rings. The molecule has 1 heterocycles. The van der Waals surface area contributed by atoms with Gasteiger partial charge in [0.1, 0.15) is 5.82 Å². The van der Waals surface area contributed by atoms with E-state index in [1.165, 1.54) is 11.1 Å². The average Bonchev–Trinajstić information content (AvgIpc) is 2.39. The summed E-state index contributed by atoms with van der Waals surface area (Å²) in [4.78, 5) is 29.8. The van der Waals surface area contributed by atoms with Gasteiger partial charge in [0.15, 0.2) is 0 Å². The molecule has 0 radical (unpaired) electrons. The molecule has 1 N–H and O–H groups in total. The number of nitrogens with zero attached hydrogens (tertiary/aromatic N) is 3. The maximum atomic E-state index is 11.7. The molecule has 0 aromatic carbocycles. The summed E-state index contributed by atoms with van der Waals surface area (Å²) in [5.41, 5.74) is 0.517. The molecule has 1 amide bonds. The number of carboxylic acids is 1. The van der Waals surface area contributed by atoms with Crippen LogP contribution in [0.2, 0.25) is 0 Å². The van der Waals surface area contributed by atoms with Gasteiger partial charge in [0.25, 0.3) is 5.91 Å². The number of pyridine rings is 1. The predicted molar refractivity (Wildman–Crippen MR) is 72.4 cm³/mol. The molecule has 0 bridgehead atoms. The normalized spacial score (nSPS) is 10.1. The van der Waals surface area contributed by atoms with Crippen LogP contribution >= 0.6 is 0 Å². The van der Waals surface area contributed by atoms with Crippen molar-refractivity contribution in [3.63, 3.8) is 0 Å². The number of carboxylic acid groups (broad SMARTS) is 1. The Kier molecular flexibility index (Phi) is 5.29. The number of amides is 1. The molecule has 19 heavy (non-hydrogen) atoms. The maximum Gasteiger partial charge on any atom is 0.305 e. The fraction of sp³-hybridized carbons (Fsp3) is 0.462. The van der Waals surface area contributed by atoms with E-state index in [9.17, 15) is 9.59 Å². The number of carbonyl (C=O) groups is 2. The second-order valence-corrected chi connectivity index (χ2v) is 4.33. The van der Waals surface area contributed by atoms with Crippen molar-refractivity contribution in [2.45, 2.75) is 13.3 Å². The van der Waals surface area contributed by atoms with Gasteiger partial charge in [-0.3, -0.25) is 9.59 Å². The number of anilines is 1. The summed E-state index contributed by atoms with van der Waals surface area (Å²) < 4.78 is 0. The largest absolute Gasteiger partial charge is 0.481 e. The van der Waals surface area contributed by atoms with Gasteiger partial charge in [0, 0.05) is 33.4 Å². The molecule has 0 saturated heterocycles. The number of aliphatic carboxylic acids is 1. The van der Waals surface area contributed by atoms with Crippen LogP contribution < -0.4 is 4.90 Å². The topological polar surface area (TPSA) is 73.7 Å². The van der Waals surface area contributed by atoms with Crippen LogP contribution in [0.1, 0.15) is 23.7 Å². The first-order valence-electron chi connectivity index (χ1n) is 6.10. The second-order valence-electron chi connectivity index (χ2n) is 4.33. The van der Waals surface area contributed by atoms with Crippen molar-refractivity contribution in [1.29, 1.82) is 0 Å². The zero-order valence-electron chi connectivity index (χ0n) is 11.5. The summed E-state index contributed by atoms with van der Waals surface area (Å²) in [5, 5.41) is 8.69. The summed E-state index contributed by atoms with van der Waals surface area (Å²) in [6.45, 7) is 3.00. The van der Waals surface area contributed by atoms with Crippen LogP contribution in [0.4, 0.5) is 5.82 Å². The minimum absolute atomic E-state index is 0.0634. The number of hydrogen-bond donors (Lipinski definition) is 1. The minimum atomic E-state index is -0.835. The van der Waals surface area contributed by atoms with Crippen molar-refractivity contribution in [3.8, 4) is 0 Å². The van der Waals surface area contributed by atoms with Crippen molar-refractivity contribution in [2.75, 3.05) is 32.1 Å². The molecule has 0 aliphatic heterocycles. The van der Waals surface area contributed by atoms with Gasteiger partial charge in [-0.25, -0.2) is 4.98 Å². The number of rotatable bonds is 6. The number of aromatic nitrogens is 1. The molecular formula is C13H19N3O3. The summed E-state index contributed by atoms with van der Waals surface area (Å²) in [5.74, 6) is -0.260. The lowest BCUT2D eigenvalue weighted by atomic mass is 10.2. The van der Waals surface area contributed by atoms with E-state index in [2.05, 4.69) is 4.98 Å². The van der Waals surface area contributed by atoms with Crippen molar-refractivity contribution < 1.29 is 14.7 Å². The smallest absolute Gasteiger partial charge is 0.305 e. The molecule has 0 unspecified atom stereocenters. The van der Waals surface area contributed by atoms with E-state index in [-0.39, 0.29) is 12.3 Å². The molecule has 1 aromatic rings. The van der Waals surface area contributed by atoms with Crippen molar-refractivity contribution in [1.82, 2.24) is 9.88 Å². The van der Waals surface area contributed by atoms with E-state index in [1.54, 1.807) is 26.2 Å². The van der Waals surface area contributed by atoms with Crippen molar-refractivity contribution in [3.05, 3.63) is 23.9 Å². The van der Waals surface area contributed by atoms with E-state index < -0.39 is 5.97 Å². The fourth-order valence-electron chi connectivity index (χ4n) is 1.62. The van der Waals surface area contributed by atoms with Crippen LogP contribution in [0.3, 0.4) is 0 Å². The summed E-state index contributed by atoms with van der Waals surface area (Å²) >= 11 is 0. The standard InChI is InChI=1S/C13H19N3O3/c1-4-16(8-7-12(17)18)11-6-5-10(9-14-11)13(19)15(2)3/h5-6,9H,4,7-8H2,1-3H3,(H,17,18). The van der Waals surface area contributed by atoms with Crippen LogP contribution in [-0.4, -0.2) is 54.1 Å². The lowest BCUT2D eigenvalue weighted by Crippen LogP contribution is -2.27. The molecular weight excluding hydrogens is 246 g/mol. The number of hydrogen-bond acceptors (Lipinski definition) is 4. The molecule has 0 aliphatic rings. The lowest BCUT2D eigenvalue weighted by molar-refractivity contribution is -0.136. The van der Waals surface area contributed by atoms with E-state index >= 15 is 0 Å². The summed E-state index contributed by atoms with van der Waals surface area (Å²) in [7, 11) is 3.36. The third kappa shape index (κ3) is 4.24. The van der Waals surface area contributed by atoms with Crippen molar-refractivity contribution in [2.24, 2.45) is 0 Å². The predicted octanol–water partition coefficient (Wildman–Crippen LogP) is 1.08. The Hall–Kier alpha value is -2.11. The molecule has 1 aromatic heterocycles. The SMILES string of the molecule is CCN(CCC(=O)O)c1ccc(C(=O)N(C)C)cn1. The highest BCUT2D eigenvalue weighted by Gasteiger charge is 2.11. The van der Waals surface area contributed by atoms with Gasteiger partial charge in [-0.15, -0.1) is 0 Å². The third-order valence-electron chi connectivity index (χ3n) is 2.70. The first kappa shape index (κ1) is 14.9. The number of carbonyl (C=O) groups excluding carboxylic acids is 1. The van der Waals surface area contributed by atoms with Crippen LogP contribution in [0, 0.1) is 0 Å². The highest BCUT2D eigenvalue weighted by Crippen LogP contribution is 2.12. The van der Waals surface area contributed by atoms with Crippen LogP contribution in [-0.2, 0) is 4.79 Å². The van der Waals surface area contributed by atoms with Gasteiger partial charge in [0.2, 0.25) is 0 Å². The Morgan fingerprint density at radius 2 is 2.00 bits per heavy atom. The van der Waals surface area contributed by atoms with E-state index in [4.69, 9.17) is 5.11 Å². The van der Waals surface area contributed by atoms with Crippen LogP contribution in [0.15, 0.2) is 18.3 Å². The third-order valence-corrected chi connectivity index (χ3v) is 2.70. The first-order chi connectivity index (χ1) is 8.95. The quantitative estimate of drug-likeness (QED) is 0.833. The molecule has 104 valence electrons. The Labute approximate surface area is 112 Å². The molecule has 0 aliphatic carbocycles. The van der Waals surface area contributed by atoms with Crippen LogP contribution in [0.25, 0.3) is 0 Å². The summed E-state index contributed by atoms with van der Waals surface area (Å²) in [6, 6.07) is 3.44. The zero-order chi connectivity index (χ0) is 14.4. The Morgan fingerprint density at radius 3 is 2.42 bits per heavy atom. The molecule has 1 rings (SSSR count). The average molecular weight is 265 g/mol. The Morgan fingerprint density at radius 1 is 1.32 bits per heavy atom. The van der Waals surface area contributed by atoms with E-state index in [1.807, 2.05) is 11.8 Å². The van der Waals surface area contributed by atoms with E-state index in [0.717, 1.165) is 0 Å². The van der Waals surface area contributed by atoms with E-state index in [0.29, 0.717) is 24.5 Å². The van der Waals surface area contributed by atoms with Crippen molar-refractivity contribution >= 4 is 17.7 Å². The highest BCUT2D eigenvalue weighted by molar-refractivity contribution is 5.93. The van der Waals surface area contributed by atoms with Gasteiger partial charge in [-0.2, -0.15) is 0 Å². The molecule has 0 spiro atoms. The summed E-state index contributed by atoms with van der Waals surface area (Å²) in [6.07, 6.45) is 1.58. The molecule has 6 nitrogen and oxygen atoms in total.